The van der Waals surface area contributed by atoms with Crippen LogP contribution in [0.4, 0.5) is 5.69 Å². The van der Waals surface area contributed by atoms with Crippen molar-refractivity contribution in [3.05, 3.63) is 30.0 Å². The lowest BCUT2D eigenvalue weighted by molar-refractivity contribution is 0.107. The number of benzene rings is 1. The normalized spacial score (nSPS) is 10.3. The number of carbonyl (C=O) groups excluding carboxylic acids is 1. The molecular weight excluding hydrogens is 298 g/mol. The summed E-state index contributed by atoms with van der Waals surface area (Å²) in [5.41, 5.74) is 0.431. The average Bonchev–Trinajstić information content (AvgIpc) is 2.57. The SMILES string of the molecule is O=C(Br)c1oc2ccccc2c1N=S(=O)=O. The molecule has 7 heteroatoms. The summed E-state index contributed by atoms with van der Waals surface area (Å²) in [5, 5.41) is 0.481. The van der Waals surface area contributed by atoms with Crippen molar-refractivity contribution in [3.8, 4) is 0 Å². The van der Waals surface area contributed by atoms with Gasteiger partial charge in [0.1, 0.15) is 11.3 Å². The molecule has 0 aliphatic heterocycles. The van der Waals surface area contributed by atoms with E-state index in [9.17, 15) is 13.2 Å². The van der Waals surface area contributed by atoms with Crippen molar-refractivity contribution in [2.75, 3.05) is 0 Å². The first kappa shape index (κ1) is 11.0. The lowest BCUT2D eigenvalue weighted by Crippen LogP contribution is -1.83. The summed E-state index contributed by atoms with van der Waals surface area (Å²) in [7, 11) is -2.64. The van der Waals surface area contributed by atoms with Gasteiger partial charge in [-0.1, -0.05) is 12.1 Å². The van der Waals surface area contributed by atoms with Gasteiger partial charge in [-0.3, -0.25) is 4.79 Å². The van der Waals surface area contributed by atoms with Gasteiger partial charge in [-0.05, 0) is 12.1 Å². The lowest BCUT2D eigenvalue weighted by Gasteiger charge is -1.86. The molecule has 5 nitrogen and oxygen atoms in total. The van der Waals surface area contributed by atoms with Gasteiger partial charge in [0.05, 0.1) is 0 Å². The molecule has 0 bridgehead atoms. The first-order valence-corrected chi connectivity index (χ1v) is 5.94. The highest BCUT2D eigenvalue weighted by Crippen LogP contribution is 2.34. The summed E-state index contributed by atoms with van der Waals surface area (Å²) >= 11 is 2.71. The largest absolute Gasteiger partial charge is 0.450 e. The highest BCUT2D eigenvalue weighted by Gasteiger charge is 2.18. The summed E-state index contributed by atoms with van der Waals surface area (Å²) < 4.78 is 29.1. The van der Waals surface area contributed by atoms with Crippen LogP contribution in [0.5, 0.6) is 0 Å². The van der Waals surface area contributed by atoms with E-state index in [2.05, 4.69) is 20.3 Å². The third-order valence-corrected chi connectivity index (χ3v) is 2.61. The molecule has 0 N–H and O–H groups in total. The zero-order chi connectivity index (χ0) is 11.7. The first-order valence-electron chi connectivity index (χ1n) is 4.12. The van der Waals surface area contributed by atoms with E-state index >= 15 is 0 Å². The molecule has 1 heterocycles. The predicted octanol–water partition coefficient (Wildman–Crippen LogP) is 2.66. The molecule has 0 spiro atoms. The number of carbonyl (C=O) groups is 1. The molecule has 82 valence electrons. The van der Waals surface area contributed by atoms with Crippen molar-refractivity contribution in [3.63, 3.8) is 0 Å². The Balaban J connectivity index is 2.90. The second-order valence-corrected chi connectivity index (χ2v) is 4.20. The van der Waals surface area contributed by atoms with E-state index in [0.717, 1.165) is 0 Å². The highest BCUT2D eigenvalue weighted by molar-refractivity contribution is 9.18. The third-order valence-electron chi connectivity index (χ3n) is 1.91. The van der Waals surface area contributed by atoms with E-state index in [1.165, 1.54) is 0 Å². The fourth-order valence-electron chi connectivity index (χ4n) is 1.33. The zero-order valence-corrected chi connectivity index (χ0v) is 10.1. The fraction of sp³-hybridized carbons (Fsp3) is 0. The Kier molecular flexibility index (Phi) is 2.88. The highest BCUT2D eigenvalue weighted by atomic mass is 79.9. The number of para-hydroxylation sites is 1. The Hall–Kier alpha value is -1.47. The van der Waals surface area contributed by atoms with E-state index < -0.39 is 15.2 Å². The predicted molar refractivity (Wildman–Crippen MR) is 60.5 cm³/mol. The van der Waals surface area contributed by atoms with Crippen LogP contribution in [-0.4, -0.2) is 13.1 Å². The molecule has 1 aromatic carbocycles. The average molecular weight is 302 g/mol. The van der Waals surface area contributed by atoms with Crippen LogP contribution in [-0.2, 0) is 10.5 Å². The number of fused-ring (bicyclic) bond motifs is 1. The molecule has 0 aliphatic carbocycles. The number of furan rings is 1. The maximum Gasteiger partial charge on any atom is 0.316 e. The van der Waals surface area contributed by atoms with Crippen LogP contribution in [0.1, 0.15) is 10.6 Å². The number of hydrogen-bond acceptors (Lipinski definition) is 5. The smallest absolute Gasteiger partial charge is 0.316 e. The number of nitrogens with zero attached hydrogens (tertiary/aromatic N) is 1. The van der Waals surface area contributed by atoms with Gasteiger partial charge in [0.25, 0.3) is 4.69 Å². The van der Waals surface area contributed by atoms with E-state index in [1.807, 2.05) is 0 Å². The second kappa shape index (κ2) is 4.18. The maximum atomic E-state index is 11.2. The van der Waals surface area contributed by atoms with E-state index in [-0.39, 0.29) is 11.4 Å². The van der Waals surface area contributed by atoms with E-state index in [1.54, 1.807) is 24.3 Å². The molecule has 2 aromatic rings. The topological polar surface area (TPSA) is 76.7 Å². The molecule has 0 aliphatic rings. The number of hydrogen-bond donors (Lipinski definition) is 0. The molecule has 0 fully saturated rings. The zero-order valence-electron chi connectivity index (χ0n) is 7.68. The Labute approximate surface area is 99.9 Å². The van der Waals surface area contributed by atoms with Gasteiger partial charge in [0.2, 0.25) is 5.76 Å². The molecule has 16 heavy (non-hydrogen) atoms. The summed E-state index contributed by atoms with van der Waals surface area (Å²) in [6, 6.07) is 6.67. The van der Waals surface area contributed by atoms with E-state index in [4.69, 9.17) is 4.42 Å². The maximum absolute atomic E-state index is 11.2. The van der Waals surface area contributed by atoms with Crippen LogP contribution in [0.2, 0.25) is 0 Å². The number of rotatable bonds is 2. The Bertz CT molecular complexity index is 693. The second-order valence-electron chi connectivity index (χ2n) is 2.86. The van der Waals surface area contributed by atoms with Crippen molar-refractivity contribution < 1.29 is 17.6 Å². The van der Waals surface area contributed by atoms with Crippen molar-refractivity contribution in [1.82, 2.24) is 0 Å². The molecule has 1 aromatic heterocycles. The molecule has 0 unspecified atom stereocenters. The van der Waals surface area contributed by atoms with Gasteiger partial charge in [-0.2, -0.15) is 8.42 Å². The third kappa shape index (κ3) is 1.91. The molecule has 0 saturated carbocycles. The summed E-state index contributed by atoms with van der Waals surface area (Å²) in [4.78, 5) is 11.2. The van der Waals surface area contributed by atoms with Crippen molar-refractivity contribution >= 4 is 47.8 Å². The lowest BCUT2D eigenvalue weighted by atomic mass is 10.2. The van der Waals surface area contributed by atoms with Gasteiger partial charge in [0, 0.05) is 21.3 Å². The van der Waals surface area contributed by atoms with Crippen molar-refractivity contribution in [2.45, 2.75) is 0 Å². The van der Waals surface area contributed by atoms with Gasteiger partial charge in [-0.25, -0.2) is 0 Å². The van der Waals surface area contributed by atoms with Crippen LogP contribution in [0, 0.1) is 0 Å². The Morgan fingerprint density at radius 2 is 2.00 bits per heavy atom. The molecule has 0 atom stereocenters. The number of halogens is 1. The van der Waals surface area contributed by atoms with Gasteiger partial charge >= 0.3 is 10.5 Å². The van der Waals surface area contributed by atoms with Crippen LogP contribution in [0.15, 0.2) is 33.0 Å². The monoisotopic (exact) mass is 301 g/mol. The summed E-state index contributed by atoms with van der Waals surface area (Å²) in [5.74, 6) is -0.120. The minimum absolute atomic E-state index is 0.0193. The van der Waals surface area contributed by atoms with Crippen LogP contribution >= 0.6 is 15.9 Å². The van der Waals surface area contributed by atoms with Crippen LogP contribution in [0.25, 0.3) is 11.0 Å². The molecular formula is C9H4BrNO4S. The Morgan fingerprint density at radius 1 is 1.31 bits per heavy atom. The first-order chi connectivity index (χ1) is 7.59. The quantitative estimate of drug-likeness (QED) is 0.799. The minimum atomic E-state index is -2.64. The summed E-state index contributed by atoms with van der Waals surface area (Å²) in [6.07, 6.45) is 0. The van der Waals surface area contributed by atoms with Crippen molar-refractivity contribution in [2.24, 2.45) is 4.36 Å². The standard InChI is InChI=1S/C9H4BrNO4S/c10-9(12)8-7(11-16(13)14)5-3-1-2-4-6(5)15-8/h1-4H. The van der Waals surface area contributed by atoms with Crippen molar-refractivity contribution in [1.29, 1.82) is 0 Å². The molecule has 0 saturated heterocycles. The Morgan fingerprint density at radius 3 is 2.62 bits per heavy atom. The van der Waals surface area contributed by atoms with E-state index in [0.29, 0.717) is 11.0 Å². The molecule has 2 rings (SSSR count). The van der Waals surface area contributed by atoms with Gasteiger partial charge in [-0.15, -0.1) is 4.36 Å². The minimum Gasteiger partial charge on any atom is -0.450 e. The van der Waals surface area contributed by atoms with Crippen LogP contribution < -0.4 is 0 Å². The fourth-order valence-corrected chi connectivity index (χ4v) is 1.93. The molecule has 0 radical (unpaired) electrons. The summed E-state index contributed by atoms with van der Waals surface area (Å²) in [6.45, 7) is 0. The van der Waals surface area contributed by atoms with Crippen LogP contribution in [0.3, 0.4) is 0 Å². The molecule has 0 amide bonds. The van der Waals surface area contributed by atoms with Gasteiger partial charge in [0.15, 0.2) is 0 Å². The van der Waals surface area contributed by atoms with Gasteiger partial charge < -0.3 is 4.42 Å².